The number of carbonyl (C=O) groups is 1. The highest BCUT2D eigenvalue weighted by Crippen LogP contribution is 2.04. The van der Waals surface area contributed by atoms with Gasteiger partial charge in [-0.3, -0.25) is 4.79 Å². The molecule has 0 aromatic carbocycles. The van der Waals surface area contributed by atoms with E-state index in [-0.39, 0.29) is 12.5 Å². The number of aromatic nitrogens is 2. The molecular formula is C11H13N3O2. The van der Waals surface area contributed by atoms with E-state index in [1.807, 2.05) is 24.4 Å². The molecule has 0 aliphatic heterocycles. The summed E-state index contributed by atoms with van der Waals surface area (Å²) in [6.45, 7) is 1.84. The molecule has 2 aromatic heterocycles. The van der Waals surface area contributed by atoms with E-state index < -0.39 is 6.10 Å². The Morgan fingerprint density at radius 1 is 1.62 bits per heavy atom. The molecule has 2 heterocycles. The number of pyridine rings is 1. The SMILES string of the molecule is C[C@@H](O)CNC(=O)c1cn2ccccc2n1. The molecule has 2 N–H and O–H groups in total. The van der Waals surface area contributed by atoms with Gasteiger partial charge in [0.1, 0.15) is 11.3 Å². The molecule has 2 aromatic rings. The molecule has 0 saturated heterocycles. The quantitative estimate of drug-likeness (QED) is 0.787. The maximum absolute atomic E-state index is 11.6. The monoisotopic (exact) mass is 219 g/mol. The highest BCUT2D eigenvalue weighted by molar-refractivity contribution is 5.92. The van der Waals surface area contributed by atoms with E-state index in [0.717, 1.165) is 5.65 Å². The number of fused-ring (bicyclic) bond motifs is 1. The summed E-state index contributed by atoms with van der Waals surface area (Å²) in [5.74, 6) is -0.274. The second kappa shape index (κ2) is 4.32. The van der Waals surface area contributed by atoms with Crippen molar-refractivity contribution in [3.8, 4) is 0 Å². The van der Waals surface area contributed by atoms with Crippen molar-refractivity contribution in [2.75, 3.05) is 6.54 Å². The van der Waals surface area contributed by atoms with Gasteiger partial charge in [0.25, 0.3) is 5.91 Å². The van der Waals surface area contributed by atoms with Crippen LogP contribution in [0.4, 0.5) is 0 Å². The number of hydrogen-bond donors (Lipinski definition) is 2. The lowest BCUT2D eigenvalue weighted by molar-refractivity contribution is 0.0919. The molecule has 1 amide bonds. The van der Waals surface area contributed by atoms with Crippen LogP contribution >= 0.6 is 0 Å². The Labute approximate surface area is 92.7 Å². The summed E-state index contributed by atoms with van der Waals surface area (Å²) in [5.41, 5.74) is 1.08. The van der Waals surface area contributed by atoms with Gasteiger partial charge in [0.05, 0.1) is 6.10 Å². The fourth-order valence-corrected chi connectivity index (χ4v) is 1.38. The van der Waals surface area contributed by atoms with Crippen molar-refractivity contribution < 1.29 is 9.90 Å². The van der Waals surface area contributed by atoms with Crippen molar-refractivity contribution in [2.24, 2.45) is 0 Å². The third kappa shape index (κ3) is 2.20. The Hall–Kier alpha value is -1.88. The molecule has 1 atom stereocenters. The number of hydrogen-bond acceptors (Lipinski definition) is 3. The van der Waals surface area contributed by atoms with Crippen LogP contribution in [0.15, 0.2) is 30.6 Å². The molecule has 0 spiro atoms. The molecule has 0 fully saturated rings. The molecule has 0 bridgehead atoms. The van der Waals surface area contributed by atoms with Crippen molar-refractivity contribution >= 4 is 11.6 Å². The van der Waals surface area contributed by atoms with Crippen LogP contribution in [0.25, 0.3) is 5.65 Å². The lowest BCUT2D eigenvalue weighted by atomic mass is 10.4. The summed E-state index contributed by atoms with van der Waals surface area (Å²) >= 11 is 0. The van der Waals surface area contributed by atoms with Crippen molar-refractivity contribution in [1.82, 2.24) is 14.7 Å². The number of amides is 1. The molecule has 0 saturated carbocycles. The van der Waals surface area contributed by atoms with Crippen LogP contribution in [-0.4, -0.2) is 33.0 Å². The van der Waals surface area contributed by atoms with E-state index in [0.29, 0.717) is 5.69 Å². The average Bonchev–Trinajstić information content (AvgIpc) is 2.69. The van der Waals surface area contributed by atoms with Crippen LogP contribution in [0, 0.1) is 0 Å². The van der Waals surface area contributed by atoms with Gasteiger partial charge >= 0.3 is 0 Å². The molecule has 84 valence electrons. The Bertz CT molecular complexity index is 472. The minimum atomic E-state index is -0.555. The van der Waals surface area contributed by atoms with E-state index in [4.69, 9.17) is 5.11 Å². The van der Waals surface area contributed by atoms with Gasteiger partial charge in [-0.25, -0.2) is 4.98 Å². The predicted octanol–water partition coefficient (Wildman–Crippen LogP) is 0.445. The third-order valence-corrected chi connectivity index (χ3v) is 2.15. The molecule has 0 unspecified atom stereocenters. The Balaban J connectivity index is 2.17. The first-order valence-electron chi connectivity index (χ1n) is 5.07. The number of aliphatic hydroxyl groups excluding tert-OH is 1. The molecule has 5 nitrogen and oxygen atoms in total. The van der Waals surface area contributed by atoms with Gasteiger partial charge in [-0.1, -0.05) is 6.07 Å². The Morgan fingerprint density at radius 2 is 2.44 bits per heavy atom. The van der Waals surface area contributed by atoms with Crippen LogP contribution in [0.2, 0.25) is 0 Å². The smallest absolute Gasteiger partial charge is 0.271 e. The van der Waals surface area contributed by atoms with Crippen molar-refractivity contribution in [3.05, 3.63) is 36.3 Å². The molecule has 0 aliphatic carbocycles. The topological polar surface area (TPSA) is 66.6 Å². The minimum Gasteiger partial charge on any atom is -0.392 e. The van der Waals surface area contributed by atoms with E-state index >= 15 is 0 Å². The first-order valence-corrected chi connectivity index (χ1v) is 5.07. The lowest BCUT2D eigenvalue weighted by Gasteiger charge is -2.04. The Kier molecular flexibility index (Phi) is 2.87. The second-order valence-electron chi connectivity index (χ2n) is 3.65. The van der Waals surface area contributed by atoms with Gasteiger partial charge in [-0.05, 0) is 19.1 Å². The van der Waals surface area contributed by atoms with E-state index in [1.54, 1.807) is 17.5 Å². The van der Waals surface area contributed by atoms with Gasteiger partial charge in [0.2, 0.25) is 0 Å². The zero-order chi connectivity index (χ0) is 11.5. The van der Waals surface area contributed by atoms with Gasteiger partial charge in [0, 0.05) is 18.9 Å². The van der Waals surface area contributed by atoms with E-state index in [9.17, 15) is 4.79 Å². The zero-order valence-corrected chi connectivity index (χ0v) is 8.92. The van der Waals surface area contributed by atoms with E-state index in [2.05, 4.69) is 10.3 Å². The first-order chi connectivity index (χ1) is 7.66. The largest absolute Gasteiger partial charge is 0.392 e. The molecule has 16 heavy (non-hydrogen) atoms. The summed E-state index contributed by atoms with van der Waals surface area (Å²) in [5, 5.41) is 11.6. The van der Waals surface area contributed by atoms with Crippen LogP contribution in [0.1, 0.15) is 17.4 Å². The fourth-order valence-electron chi connectivity index (χ4n) is 1.38. The van der Waals surface area contributed by atoms with Crippen LogP contribution in [0.5, 0.6) is 0 Å². The summed E-state index contributed by atoms with van der Waals surface area (Å²) in [6, 6.07) is 5.55. The molecule has 5 heteroatoms. The summed E-state index contributed by atoms with van der Waals surface area (Å²) < 4.78 is 1.78. The average molecular weight is 219 g/mol. The maximum Gasteiger partial charge on any atom is 0.271 e. The van der Waals surface area contributed by atoms with Crippen molar-refractivity contribution in [3.63, 3.8) is 0 Å². The summed E-state index contributed by atoms with van der Waals surface area (Å²) in [6.07, 6.45) is 2.93. The fraction of sp³-hybridized carbons (Fsp3) is 0.273. The van der Waals surface area contributed by atoms with Gasteiger partial charge < -0.3 is 14.8 Å². The second-order valence-corrected chi connectivity index (χ2v) is 3.65. The number of nitrogens with one attached hydrogen (secondary N) is 1. The minimum absolute atomic E-state index is 0.229. The number of rotatable bonds is 3. The van der Waals surface area contributed by atoms with Gasteiger partial charge in [0.15, 0.2) is 0 Å². The number of nitrogens with zero attached hydrogens (tertiary/aromatic N) is 2. The highest BCUT2D eigenvalue weighted by Gasteiger charge is 2.10. The molecular weight excluding hydrogens is 206 g/mol. The highest BCUT2D eigenvalue weighted by atomic mass is 16.3. The third-order valence-electron chi connectivity index (χ3n) is 2.15. The predicted molar refractivity (Wildman–Crippen MR) is 59.2 cm³/mol. The number of carbonyl (C=O) groups excluding carboxylic acids is 1. The summed E-state index contributed by atoms with van der Waals surface area (Å²) in [4.78, 5) is 15.8. The molecule has 0 radical (unpaired) electrons. The number of imidazole rings is 1. The van der Waals surface area contributed by atoms with Crippen molar-refractivity contribution in [1.29, 1.82) is 0 Å². The van der Waals surface area contributed by atoms with Crippen molar-refractivity contribution in [2.45, 2.75) is 13.0 Å². The van der Waals surface area contributed by atoms with Gasteiger partial charge in [-0.2, -0.15) is 0 Å². The standard InChI is InChI=1S/C11H13N3O2/c1-8(15)6-12-11(16)9-7-14-5-3-2-4-10(14)13-9/h2-5,7-8,15H,6H2,1H3,(H,12,16)/t8-/m1/s1. The number of aliphatic hydroxyl groups is 1. The van der Waals surface area contributed by atoms with Crippen LogP contribution < -0.4 is 5.32 Å². The Morgan fingerprint density at radius 3 is 3.12 bits per heavy atom. The molecule has 0 aliphatic rings. The normalized spacial score (nSPS) is 12.6. The summed E-state index contributed by atoms with van der Waals surface area (Å²) in [7, 11) is 0. The first kappa shape index (κ1) is 10.6. The van der Waals surface area contributed by atoms with Gasteiger partial charge in [-0.15, -0.1) is 0 Å². The van der Waals surface area contributed by atoms with E-state index in [1.165, 1.54) is 0 Å². The lowest BCUT2D eigenvalue weighted by Crippen LogP contribution is -2.30. The molecule has 2 rings (SSSR count). The maximum atomic E-state index is 11.6. The van der Waals surface area contributed by atoms with Crippen LogP contribution in [0.3, 0.4) is 0 Å². The van der Waals surface area contributed by atoms with Crippen LogP contribution in [-0.2, 0) is 0 Å². The zero-order valence-electron chi connectivity index (χ0n) is 8.92.